The van der Waals surface area contributed by atoms with Crippen molar-refractivity contribution in [3.05, 3.63) is 35.1 Å². The third-order valence-electron chi connectivity index (χ3n) is 3.29. The average molecular weight is 282 g/mol. The van der Waals surface area contributed by atoms with E-state index in [1.807, 2.05) is 13.0 Å². The monoisotopic (exact) mass is 282 g/mol. The molecule has 0 radical (unpaired) electrons. The highest BCUT2D eigenvalue weighted by Gasteiger charge is 2.22. The number of aryl methyl sites for hydroxylation is 1. The third kappa shape index (κ3) is 3.70. The van der Waals surface area contributed by atoms with Crippen LogP contribution in [0.25, 0.3) is 0 Å². The fourth-order valence-corrected chi connectivity index (χ4v) is 2.94. The molecule has 0 saturated carbocycles. The van der Waals surface area contributed by atoms with Crippen LogP contribution in [0.4, 0.5) is 4.39 Å². The molecule has 2 atom stereocenters. The summed E-state index contributed by atoms with van der Waals surface area (Å²) in [6, 6.07) is 4.76. The second-order valence-corrected chi connectivity index (χ2v) is 5.97. The summed E-state index contributed by atoms with van der Waals surface area (Å²) in [5.74, 6) is 1.59. The first-order valence-corrected chi connectivity index (χ1v) is 7.61. The molecule has 2 unspecified atom stereocenters. The summed E-state index contributed by atoms with van der Waals surface area (Å²) in [4.78, 5) is 12.1. The Hall–Kier alpha value is -1.07. The first-order valence-electron chi connectivity index (χ1n) is 6.45. The van der Waals surface area contributed by atoms with Gasteiger partial charge in [0.05, 0.1) is 12.1 Å². The van der Waals surface area contributed by atoms with Crippen LogP contribution in [0.2, 0.25) is 0 Å². The van der Waals surface area contributed by atoms with Crippen LogP contribution in [0.15, 0.2) is 18.2 Å². The van der Waals surface area contributed by atoms with Crippen LogP contribution in [0.5, 0.6) is 0 Å². The van der Waals surface area contributed by atoms with Crippen molar-refractivity contribution in [3.8, 4) is 0 Å². The van der Waals surface area contributed by atoms with Gasteiger partial charge in [-0.3, -0.25) is 4.79 Å². The fourth-order valence-electron chi connectivity index (χ4n) is 2.01. The lowest BCUT2D eigenvalue weighted by molar-refractivity contribution is -0.123. The van der Waals surface area contributed by atoms with E-state index in [4.69, 9.17) is 0 Å². The molecule has 19 heavy (non-hydrogen) atoms. The zero-order valence-corrected chi connectivity index (χ0v) is 12.0. The average Bonchev–Trinajstić information content (AvgIpc) is 2.42. The molecular weight excluding hydrogens is 263 g/mol. The highest BCUT2D eigenvalue weighted by Crippen LogP contribution is 2.17. The molecule has 0 aliphatic carbocycles. The standard InChI is InChI=1S/C14H19FN2OS/c1-9-3-4-11(7-12(9)15)10(2)17-14(18)13-8-19-6-5-16-13/h3-4,7,10,13,16H,5-6,8H2,1-2H3,(H,17,18). The summed E-state index contributed by atoms with van der Waals surface area (Å²) in [7, 11) is 0. The van der Waals surface area contributed by atoms with Gasteiger partial charge in [-0.15, -0.1) is 0 Å². The van der Waals surface area contributed by atoms with Crippen molar-refractivity contribution in [2.75, 3.05) is 18.1 Å². The van der Waals surface area contributed by atoms with Crippen molar-refractivity contribution in [3.63, 3.8) is 0 Å². The van der Waals surface area contributed by atoms with E-state index in [0.717, 1.165) is 23.6 Å². The number of rotatable bonds is 3. The molecule has 0 spiro atoms. The van der Waals surface area contributed by atoms with Gasteiger partial charge in [-0.05, 0) is 31.0 Å². The van der Waals surface area contributed by atoms with E-state index in [-0.39, 0.29) is 23.8 Å². The SMILES string of the molecule is Cc1ccc(C(C)NC(=O)C2CSCCN2)cc1F. The molecule has 1 amide bonds. The van der Waals surface area contributed by atoms with Crippen molar-refractivity contribution >= 4 is 17.7 Å². The van der Waals surface area contributed by atoms with Crippen molar-refractivity contribution in [2.45, 2.75) is 25.9 Å². The minimum absolute atomic E-state index is 0.0133. The number of hydrogen-bond donors (Lipinski definition) is 2. The molecule has 1 saturated heterocycles. The lowest BCUT2D eigenvalue weighted by atomic mass is 10.1. The van der Waals surface area contributed by atoms with Gasteiger partial charge >= 0.3 is 0 Å². The summed E-state index contributed by atoms with van der Waals surface area (Å²) in [5.41, 5.74) is 1.41. The van der Waals surface area contributed by atoms with Gasteiger partial charge in [0.2, 0.25) is 5.91 Å². The predicted octanol–water partition coefficient (Wildman–Crippen LogP) is 2.02. The molecule has 1 heterocycles. The van der Waals surface area contributed by atoms with E-state index in [9.17, 15) is 9.18 Å². The topological polar surface area (TPSA) is 41.1 Å². The first-order chi connectivity index (χ1) is 9.08. The number of thioether (sulfide) groups is 1. The Morgan fingerprint density at radius 2 is 2.37 bits per heavy atom. The van der Waals surface area contributed by atoms with Crippen molar-refractivity contribution in [1.82, 2.24) is 10.6 Å². The van der Waals surface area contributed by atoms with Crippen LogP contribution < -0.4 is 10.6 Å². The van der Waals surface area contributed by atoms with Crippen LogP contribution in [-0.4, -0.2) is 30.0 Å². The minimum atomic E-state index is -0.232. The molecule has 1 aliphatic rings. The van der Waals surface area contributed by atoms with Crippen LogP contribution in [0.3, 0.4) is 0 Å². The number of amides is 1. The molecule has 1 fully saturated rings. The summed E-state index contributed by atoms with van der Waals surface area (Å²) >= 11 is 1.78. The van der Waals surface area contributed by atoms with Crippen LogP contribution in [-0.2, 0) is 4.79 Å². The quantitative estimate of drug-likeness (QED) is 0.891. The van der Waals surface area contributed by atoms with Crippen molar-refractivity contribution in [2.24, 2.45) is 0 Å². The highest BCUT2D eigenvalue weighted by molar-refractivity contribution is 7.99. The van der Waals surface area contributed by atoms with Crippen LogP contribution in [0, 0.1) is 12.7 Å². The van der Waals surface area contributed by atoms with Gasteiger partial charge in [-0.1, -0.05) is 12.1 Å². The zero-order valence-electron chi connectivity index (χ0n) is 11.2. The molecule has 104 valence electrons. The Labute approximate surface area is 117 Å². The summed E-state index contributed by atoms with van der Waals surface area (Å²) in [6.45, 7) is 4.46. The second kappa shape index (κ2) is 6.39. The van der Waals surface area contributed by atoms with E-state index in [1.165, 1.54) is 6.07 Å². The van der Waals surface area contributed by atoms with Gasteiger partial charge in [0, 0.05) is 18.1 Å². The van der Waals surface area contributed by atoms with Gasteiger partial charge in [-0.2, -0.15) is 11.8 Å². The molecule has 5 heteroatoms. The fraction of sp³-hybridized carbons (Fsp3) is 0.500. The number of nitrogens with one attached hydrogen (secondary N) is 2. The van der Waals surface area contributed by atoms with E-state index in [2.05, 4.69) is 10.6 Å². The van der Waals surface area contributed by atoms with Crippen LogP contribution >= 0.6 is 11.8 Å². The number of benzene rings is 1. The molecular formula is C14H19FN2OS. The molecule has 1 aromatic carbocycles. The van der Waals surface area contributed by atoms with E-state index in [1.54, 1.807) is 24.8 Å². The number of hydrogen-bond acceptors (Lipinski definition) is 3. The highest BCUT2D eigenvalue weighted by atomic mass is 32.2. The third-order valence-corrected chi connectivity index (χ3v) is 4.35. The minimum Gasteiger partial charge on any atom is -0.348 e. The summed E-state index contributed by atoms with van der Waals surface area (Å²) < 4.78 is 13.5. The van der Waals surface area contributed by atoms with E-state index in [0.29, 0.717) is 5.56 Å². The zero-order chi connectivity index (χ0) is 13.8. The number of halogens is 1. The Balaban J connectivity index is 1.97. The van der Waals surface area contributed by atoms with Gasteiger partial charge in [0.25, 0.3) is 0 Å². The maximum Gasteiger partial charge on any atom is 0.238 e. The number of carbonyl (C=O) groups is 1. The Bertz CT molecular complexity index is 461. The largest absolute Gasteiger partial charge is 0.348 e. The maximum atomic E-state index is 13.5. The molecule has 1 aliphatic heterocycles. The Morgan fingerprint density at radius 1 is 1.58 bits per heavy atom. The molecule has 0 bridgehead atoms. The normalized spacial score (nSPS) is 20.9. The van der Waals surface area contributed by atoms with Gasteiger partial charge in [0.1, 0.15) is 5.82 Å². The molecule has 3 nitrogen and oxygen atoms in total. The molecule has 2 N–H and O–H groups in total. The molecule has 1 aromatic rings. The summed E-state index contributed by atoms with van der Waals surface area (Å²) in [5, 5.41) is 6.12. The van der Waals surface area contributed by atoms with E-state index < -0.39 is 0 Å². The van der Waals surface area contributed by atoms with Crippen LogP contribution in [0.1, 0.15) is 24.1 Å². The molecule has 2 rings (SSSR count). The molecule has 0 aromatic heterocycles. The van der Waals surface area contributed by atoms with Gasteiger partial charge in [0.15, 0.2) is 0 Å². The van der Waals surface area contributed by atoms with E-state index >= 15 is 0 Å². The predicted molar refractivity (Wildman–Crippen MR) is 76.8 cm³/mol. The lowest BCUT2D eigenvalue weighted by Crippen LogP contribution is -2.49. The summed E-state index contributed by atoms with van der Waals surface area (Å²) in [6.07, 6.45) is 0. The van der Waals surface area contributed by atoms with Gasteiger partial charge in [-0.25, -0.2) is 4.39 Å². The smallest absolute Gasteiger partial charge is 0.238 e. The number of carbonyl (C=O) groups excluding carboxylic acids is 1. The maximum absolute atomic E-state index is 13.5. The lowest BCUT2D eigenvalue weighted by Gasteiger charge is -2.24. The van der Waals surface area contributed by atoms with Crippen molar-refractivity contribution < 1.29 is 9.18 Å². The van der Waals surface area contributed by atoms with Crippen molar-refractivity contribution in [1.29, 1.82) is 0 Å². The Kier molecular flexibility index (Phi) is 4.82. The van der Waals surface area contributed by atoms with Gasteiger partial charge < -0.3 is 10.6 Å². The Morgan fingerprint density at radius 3 is 3.00 bits per heavy atom. The first kappa shape index (κ1) is 14.3. The second-order valence-electron chi connectivity index (χ2n) is 4.82.